The normalized spacial score (nSPS) is 10.0. The van der Waals surface area contributed by atoms with E-state index in [-0.39, 0.29) is 0 Å². The van der Waals surface area contributed by atoms with Gasteiger partial charge >= 0.3 is 11.8 Å². The second kappa shape index (κ2) is 7.04. The molecule has 21 heavy (non-hydrogen) atoms. The second-order valence-corrected chi connectivity index (χ2v) is 5.44. The van der Waals surface area contributed by atoms with Gasteiger partial charge in [0, 0.05) is 18.1 Å². The van der Waals surface area contributed by atoms with Crippen LogP contribution in [0.2, 0.25) is 0 Å². The molecule has 2 rings (SSSR count). The number of halogens is 1. The smallest absolute Gasteiger partial charge is 0.313 e. The molecule has 2 aromatic carbocycles. The van der Waals surface area contributed by atoms with Crippen LogP contribution in [0.4, 0.5) is 5.69 Å². The first-order valence-electron chi connectivity index (χ1n) is 6.43. The van der Waals surface area contributed by atoms with Crippen LogP contribution in [0.3, 0.4) is 0 Å². The molecule has 1 N–H and O–H groups in total. The van der Waals surface area contributed by atoms with Gasteiger partial charge in [-0.1, -0.05) is 42.5 Å². The van der Waals surface area contributed by atoms with Gasteiger partial charge in [-0.05, 0) is 33.6 Å². The average Bonchev–Trinajstić information content (AvgIpc) is 2.49. The first-order chi connectivity index (χ1) is 10.1. The zero-order valence-electron chi connectivity index (χ0n) is 11.5. The monoisotopic (exact) mass is 346 g/mol. The number of hydrogen-bond donors (Lipinski definition) is 1. The van der Waals surface area contributed by atoms with Gasteiger partial charge in [0.2, 0.25) is 0 Å². The van der Waals surface area contributed by atoms with Crippen LogP contribution < -0.4 is 5.32 Å². The third kappa shape index (κ3) is 4.16. The van der Waals surface area contributed by atoms with E-state index in [1.165, 1.54) is 4.90 Å². The third-order valence-corrected chi connectivity index (χ3v) is 3.62. The molecule has 0 radical (unpaired) electrons. The van der Waals surface area contributed by atoms with E-state index in [4.69, 9.17) is 0 Å². The lowest BCUT2D eigenvalue weighted by Crippen LogP contribution is -2.36. The van der Waals surface area contributed by atoms with Gasteiger partial charge in [0.05, 0.1) is 5.69 Å². The third-order valence-electron chi connectivity index (χ3n) is 2.93. The summed E-state index contributed by atoms with van der Waals surface area (Å²) in [6, 6.07) is 16.7. The van der Waals surface area contributed by atoms with Crippen LogP contribution in [0.25, 0.3) is 0 Å². The SMILES string of the molecule is CN(Cc1ccccc1)C(=O)C(=O)Nc1ccccc1Br. The number of benzene rings is 2. The van der Waals surface area contributed by atoms with Gasteiger partial charge < -0.3 is 10.2 Å². The molecule has 4 nitrogen and oxygen atoms in total. The number of amides is 2. The Morgan fingerprint density at radius 2 is 1.67 bits per heavy atom. The highest BCUT2D eigenvalue weighted by atomic mass is 79.9. The lowest BCUT2D eigenvalue weighted by molar-refractivity contribution is -0.142. The fourth-order valence-corrected chi connectivity index (χ4v) is 2.22. The molecule has 0 saturated heterocycles. The van der Waals surface area contributed by atoms with Gasteiger partial charge in [-0.25, -0.2) is 0 Å². The van der Waals surface area contributed by atoms with Crippen LogP contribution in [0, 0.1) is 0 Å². The van der Waals surface area contributed by atoms with Crippen molar-refractivity contribution >= 4 is 33.4 Å². The Labute approximate surface area is 131 Å². The van der Waals surface area contributed by atoms with Gasteiger partial charge in [0.25, 0.3) is 0 Å². The van der Waals surface area contributed by atoms with Crippen LogP contribution >= 0.6 is 15.9 Å². The highest BCUT2D eigenvalue weighted by Gasteiger charge is 2.19. The van der Waals surface area contributed by atoms with Gasteiger partial charge in [-0.2, -0.15) is 0 Å². The van der Waals surface area contributed by atoms with Gasteiger partial charge in [-0.15, -0.1) is 0 Å². The zero-order valence-corrected chi connectivity index (χ0v) is 13.1. The number of para-hydroxylation sites is 1. The van der Waals surface area contributed by atoms with Crippen molar-refractivity contribution in [2.45, 2.75) is 6.54 Å². The predicted octanol–water partition coefficient (Wildman–Crippen LogP) is 3.05. The van der Waals surface area contributed by atoms with Crippen molar-refractivity contribution in [2.75, 3.05) is 12.4 Å². The Morgan fingerprint density at radius 3 is 2.33 bits per heavy atom. The Bertz CT molecular complexity index is 644. The van der Waals surface area contributed by atoms with E-state index in [0.29, 0.717) is 12.2 Å². The number of likely N-dealkylation sites (N-methyl/N-ethyl adjacent to an activating group) is 1. The van der Waals surface area contributed by atoms with Crippen molar-refractivity contribution in [3.05, 3.63) is 64.6 Å². The number of nitrogens with zero attached hydrogens (tertiary/aromatic N) is 1. The summed E-state index contributed by atoms with van der Waals surface area (Å²) in [5, 5.41) is 2.60. The topological polar surface area (TPSA) is 49.4 Å². The molecule has 0 fully saturated rings. The molecule has 0 aliphatic heterocycles. The number of anilines is 1. The summed E-state index contributed by atoms with van der Waals surface area (Å²) < 4.78 is 0.733. The summed E-state index contributed by atoms with van der Waals surface area (Å²) in [5.41, 5.74) is 1.55. The lowest BCUT2D eigenvalue weighted by atomic mass is 10.2. The molecular weight excluding hydrogens is 332 g/mol. The molecule has 0 bridgehead atoms. The summed E-state index contributed by atoms with van der Waals surface area (Å²) in [5.74, 6) is -1.23. The highest BCUT2D eigenvalue weighted by molar-refractivity contribution is 9.10. The van der Waals surface area contributed by atoms with Gasteiger partial charge in [0.15, 0.2) is 0 Å². The van der Waals surface area contributed by atoms with Gasteiger partial charge in [0.1, 0.15) is 0 Å². The maximum Gasteiger partial charge on any atom is 0.313 e. The van der Waals surface area contributed by atoms with E-state index in [1.54, 1.807) is 25.2 Å². The Morgan fingerprint density at radius 1 is 1.05 bits per heavy atom. The van der Waals surface area contributed by atoms with Crippen LogP contribution in [-0.2, 0) is 16.1 Å². The van der Waals surface area contributed by atoms with Crippen LogP contribution in [0.1, 0.15) is 5.56 Å². The average molecular weight is 347 g/mol. The fraction of sp³-hybridized carbons (Fsp3) is 0.125. The molecule has 0 aromatic heterocycles. The first-order valence-corrected chi connectivity index (χ1v) is 7.22. The fourth-order valence-electron chi connectivity index (χ4n) is 1.84. The second-order valence-electron chi connectivity index (χ2n) is 4.58. The van der Waals surface area contributed by atoms with Gasteiger partial charge in [-0.3, -0.25) is 9.59 Å². The molecule has 5 heteroatoms. The van der Waals surface area contributed by atoms with E-state index >= 15 is 0 Å². The molecule has 0 heterocycles. The molecule has 108 valence electrons. The molecular formula is C16H15BrN2O2. The minimum atomic E-state index is -0.652. The van der Waals surface area contributed by atoms with Crippen LogP contribution in [0.15, 0.2) is 59.1 Å². The van der Waals surface area contributed by atoms with Crippen molar-refractivity contribution in [1.82, 2.24) is 4.90 Å². The van der Waals surface area contributed by atoms with Crippen LogP contribution in [-0.4, -0.2) is 23.8 Å². The maximum atomic E-state index is 12.1. The molecule has 0 saturated carbocycles. The van der Waals surface area contributed by atoms with Crippen molar-refractivity contribution in [3.63, 3.8) is 0 Å². The molecule has 0 spiro atoms. The highest BCUT2D eigenvalue weighted by Crippen LogP contribution is 2.21. The Hall–Kier alpha value is -2.14. The maximum absolute atomic E-state index is 12.1. The molecule has 2 amide bonds. The van der Waals surface area contributed by atoms with E-state index < -0.39 is 11.8 Å². The summed E-state index contributed by atoms with van der Waals surface area (Å²) in [7, 11) is 1.61. The number of carbonyl (C=O) groups excluding carboxylic acids is 2. The van der Waals surface area contributed by atoms with Crippen molar-refractivity contribution in [2.24, 2.45) is 0 Å². The van der Waals surface area contributed by atoms with Crippen LogP contribution in [0.5, 0.6) is 0 Å². The summed E-state index contributed by atoms with van der Waals surface area (Å²) in [6.45, 7) is 0.392. The molecule has 0 aliphatic carbocycles. The van der Waals surface area contributed by atoms with E-state index in [1.807, 2.05) is 36.4 Å². The lowest BCUT2D eigenvalue weighted by Gasteiger charge is -2.17. The predicted molar refractivity (Wildman–Crippen MR) is 85.7 cm³/mol. The quantitative estimate of drug-likeness (QED) is 0.868. The van der Waals surface area contributed by atoms with Crippen molar-refractivity contribution in [3.8, 4) is 0 Å². The minimum Gasteiger partial charge on any atom is -0.333 e. The molecule has 0 atom stereocenters. The van der Waals surface area contributed by atoms with E-state index in [9.17, 15) is 9.59 Å². The number of nitrogens with one attached hydrogen (secondary N) is 1. The first kappa shape index (κ1) is 15.3. The number of hydrogen-bond acceptors (Lipinski definition) is 2. The zero-order chi connectivity index (χ0) is 15.2. The molecule has 0 unspecified atom stereocenters. The Balaban J connectivity index is 1.99. The molecule has 2 aromatic rings. The van der Waals surface area contributed by atoms with Crippen molar-refractivity contribution < 1.29 is 9.59 Å². The molecule has 0 aliphatic rings. The summed E-state index contributed by atoms with van der Waals surface area (Å²) in [4.78, 5) is 25.4. The standard InChI is InChI=1S/C16H15BrN2O2/c1-19(11-12-7-3-2-4-8-12)16(21)15(20)18-14-10-6-5-9-13(14)17/h2-10H,11H2,1H3,(H,18,20). The number of rotatable bonds is 3. The largest absolute Gasteiger partial charge is 0.333 e. The van der Waals surface area contributed by atoms with Crippen molar-refractivity contribution in [1.29, 1.82) is 0 Å². The minimum absolute atomic E-state index is 0.392. The summed E-state index contributed by atoms with van der Waals surface area (Å²) in [6.07, 6.45) is 0. The summed E-state index contributed by atoms with van der Waals surface area (Å²) >= 11 is 3.33. The van der Waals surface area contributed by atoms with E-state index in [2.05, 4.69) is 21.2 Å². The Kier molecular flexibility index (Phi) is 5.11. The number of carbonyl (C=O) groups is 2. The van der Waals surface area contributed by atoms with E-state index in [0.717, 1.165) is 10.0 Å².